The predicted octanol–water partition coefficient (Wildman–Crippen LogP) is 2.28. The lowest BCUT2D eigenvalue weighted by molar-refractivity contribution is 0.100. The van der Waals surface area contributed by atoms with Crippen LogP contribution >= 0.6 is 38.8 Å². The lowest BCUT2D eigenvalue weighted by Gasteiger charge is -2.16. The van der Waals surface area contributed by atoms with Crippen LogP contribution in [0.2, 0.25) is 0 Å². The molecule has 4 N–H and O–H groups in total. The molecular formula is C10H11BrN4OS2. The first-order valence-corrected chi connectivity index (χ1v) is 7.42. The van der Waals surface area contributed by atoms with E-state index in [0.717, 1.165) is 4.47 Å². The molecule has 0 aliphatic rings. The lowest BCUT2D eigenvalue weighted by Crippen LogP contribution is -2.20. The maximum atomic E-state index is 11.3. The fourth-order valence-electron chi connectivity index (χ4n) is 1.53. The van der Waals surface area contributed by atoms with Gasteiger partial charge in [-0.15, -0.1) is 11.3 Å². The van der Waals surface area contributed by atoms with Crippen molar-refractivity contribution in [2.75, 3.05) is 17.7 Å². The number of amides is 1. The maximum Gasteiger partial charge on any atom is 0.255 e. The lowest BCUT2D eigenvalue weighted by atomic mass is 10.3. The second-order valence-corrected chi connectivity index (χ2v) is 6.36. The van der Waals surface area contributed by atoms with E-state index in [9.17, 15) is 4.79 Å². The minimum atomic E-state index is -0.546. The Morgan fingerprint density at radius 2 is 2.33 bits per heavy atom. The number of hydrogen-bond acceptors (Lipinski definition) is 6. The van der Waals surface area contributed by atoms with Gasteiger partial charge in [-0.25, -0.2) is 0 Å². The molecule has 0 aliphatic carbocycles. The number of rotatable bonds is 4. The van der Waals surface area contributed by atoms with Gasteiger partial charge < -0.3 is 16.4 Å². The van der Waals surface area contributed by atoms with Gasteiger partial charge in [-0.05, 0) is 33.5 Å². The Morgan fingerprint density at radius 3 is 2.89 bits per heavy atom. The molecular weight excluding hydrogens is 336 g/mol. The van der Waals surface area contributed by atoms with Gasteiger partial charge in [0.2, 0.25) is 0 Å². The van der Waals surface area contributed by atoms with Crippen molar-refractivity contribution in [1.29, 1.82) is 0 Å². The van der Waals surface area contributed by atoms with Crippen LogP contribution in [0.25, 0.3) is 0 Å². The summed E-state index contributed by atoms with van der Waals surface area (Å²) >= 11 is 6.23. The number of nitrogen functional groups attached to an aromatic ring is 1. The van der Waals surface area contributed by atoms with Gasteiger partial charge in [-0.2, -0.15) is 4.37 Å². The molecule has 2 heterocycles. The molecule has 1 amide bonds. The SMILES string of the molecule is CN(Cc1cc(Br)cs1)c1snc(N)c1C(N)=O. The van der Waals surface area contributed by atoms with Crippen LogP contribution < -0.4 is 16.4 Å². The number of carbonyl (C=O) groups is 1. The van der Waals surface area contributed by atoms with Crippen LogP contribution in [0.3, 0.4) is 0 Å². The number of aromatic nitrogens is 1. The van der Waals surface area contributed by atoms with Crippen LogP contribution in [0.1, 0.15) is 15.2 Å². The third-order valence-corrected chi connectivity index (χ3v) is 4.97. The molecule has 2 aromatic heterocycles. The van der Waals surface area contributed by atoms with Crippen LogP contribution in [0.4, 0.5) is 10.8 Å². The van der Waals surface area contributed by atoms with Crippen LogP contribution in [-0.4, -0.2) is 17.3 Å². The quantitative estimate of drug-likeness (QED) is 0.889. The second kappa shape index (κ2) is 5.25. The Kier molecular flexibility index (Phi) is 3.88. The van der Waals surface area contributed by atoms with Crippen molar-refractivity contribution in [2.45, 2.75) is 6.54 Å². The van der Waals surface area contributed by atoms with Crippen molar-refractivity contribution >= 4 is 55.5 Å². The molecule has 0 spiro atoms. The number of nitrogens with zero attached hydrogens (tertiary/aromatic N) is 2. The second-order valence-electron chi connectivity index (χ2n) is 3.70. The highest BCUT2D eigenvalue weighted by Crippen LogP contribution is 2.31. The Hall–Kier alpha value is -1.12. The van der Waals surface area contributed by atoms with Crippen LogP contribution in [-0.2, 0) is 6.54 Å². The van der Waals surface area contributed by atoms with Gasteiger partial charge in [0.05, 0.1) is 6.54 Å². The van der Waals surface area contributed by atoms with Crippen LogP contribution in [0, 0.1) is 0 Å². The number of nitrogens with two attached hydrogens (primary N) is 2. The van der Waals surface area contributed by atoms with E-state index in [1.54, 1.807) is 11.3 Å². The topological polar surface area (TPSA) is 85.2 Å². The number of primary amides is 1. The van der Waals surface area contributed by atoms with Gasteiger partial charge in [0.15, 0.2) is 5.82 Å². The van der Waals surface area contributed by atoms with Gasteiger partial charge in [0.1, 0.15) is 10.6 Å². The number of carbonyl (C=O) groups excluding carboxylic acids is 1. The fourth-order valence-corrected chi connectivity index (χ4v) is 3.81. The average molecular weight is 347 g/mol. The zero-order valence-corrected chi connectivity index (χ0v) is 12.7. The summed E-state index contributed by atoms with van der Waals surface area (Å²) in [6.45, 7) is 0.679. The Balaban J connectivity index is 2.23. The van der Waals surface area contributed by atoms with E-state index in [0.29, 0.717) is 17.1 Å². The molecule has 8 heteroatoms. The van der Waals surface area contributed by atoms with Gasteiger partial charge in [-0.3, -0.25) is 4.79 Å². The number of halogens is 1. The third kappa shape index (κ3) is 2.65. The first-order valence-electron chi connectivity index (χ1n) is 4.98. The summed E-state index contributed by atoms with van der Waals surface area (Å²) in [4.78, 5) is 14.4. The summed E-state index contributed by atoms with van der Waals surface area (Å²) < 4.78 is 5.03. The van der Waals surface area contributed by atoms with Crippen molar-refractivity contribution in [3.05, 3.63) is 26.4 Å². The predicted molar refractivity (Wildman–Crippen MR) is 79.2 cm³/mol. The van der Waals surface area contributed by atoms with E-state index >= 15 is 0 Å². The summed E-state index contributed by atoms with van der Waals surface area (Å²) in [5.41, 5.74) is 11.3. The first-order chi connectivity index (χ1) is 8.49. The third-order valence-electron chi connectivity index (χ3n) is 2.31. The molecule has 0 unspecified atom stereocenters. The highest BCUT2D eigenvalue weighted by atomic mass is 79.9. The van der Waals surface area contributed by atoms with Crippen molar-refractivity contribution < 1.29 is 4.79 Å². The highest BCUT2D eigenvalue weighted by Gasteiger charge is 2.20. The van der Waals surface area contributed by atoms with Crippen molar-refractivity contribution in [1.82, 2.24) is 4.37 Å². The highest BCUT2D eigenvalue weighted by molar-refractivity contribution is 9.10. The standard InChI is InChI=1S/C10H11BrN4OS2/c1-15(3-6-2-5(11)4-17-6)10-7(9(13)16)8(12)14-18-10/h2,4H,3H2,1H3,(H2,12,14)(H2,13,16). The van der Waals surface area contributed by atoms with Crippen molar-refractivity contribution in [3.63, 3.8) is 0 Å². The maximum absolute atomic E-state index is 11.3. The number of anilines is 2. The average Bonchev–Trinajstić information content (AvgIpc) is 2.84. The molecule has 0 bridgehead atoms. The Morgan fingerprint density at radius 1 is 1.61 bits per heavy atom. The molecule has 0 aromatic carbocycles. The molecule has 5 nitrogen and oxygen atoms in total. The van der Waals surface area contributed by atoms with E-state index in [4.69, 9.17) is 11.5 Å². The normalized spacial score (nSPS) is 10.6. The van der Waals surface area contributed by atoms with Crippen LogP contribution in [0.5, 0.6) is 0 Å². The van der Waals surface area contributed by atoms with E-state index < -0.39 is 5.91 Å². The Labute approximate surface area is 121 Å². The smallest absolute Gasteiger partial charge is 0.255 e. The summed E-state index contributed by atoms with van der Waals surface area (Å²) in [6, 6.07) is 2.04. The van der Waals surface area contributed by atoms with Gasteiger partial charge in [0, 0.05) is 21.8 Å². The molecule has 0 radical (unpaired) electrons. The van der Waals surface area contributed by atoms with Gasteiger partial charge in [0.25, 0.3) is 5.91 Å². The minimum Gasteiger partial charge on any atom is -0.382 e. The van der Waals surface area contributed by atoms with E-state index in [-0.39, 0.29) is 5.82 Å². The van der Waals surface area contributed by atoms with Gasteiger partial charge in [-0.1, -0.05) is 0 Å². The van der Waals surface area contributed by atoms with Crippen LogP contribution in [0.15, 0.2) is 15.9 Å². The van der Waals surface area contributed by atoms with E-state index in [1.165, 1.54) is 16.4 Å². The molecule has 0 fully saturated rings. The van der Waals surface area contributed by atoms with Crippen molar-refractivity contribution in [3.8, 4) is 0 Å². The molecule has 2 aromatic rings. The monoisotopic (exact) mass is 346 g/mol. The summed E-state index contributed by atoms with van der Waals surface area (Å²) in [6.07, 6.45) is 0. The summed E-state index contributed by atoms with van der Waals surface area (Å²) in [7, 11) is 1.88. The number of thiophene rings is 1. The summed E-state index contributed by atoms with van der Waals surface area (Å²) in [5, 5.41) is 2.71. The van der Waals surface area contributed by atoms with E-state index in [1.807, 2.05) is 23.4 Å². The Bertz CT molecular complexity index is 580. The molecule has 0 atom stereocenters. The number of hydrogen-bond donors (Lipinski definition) is 2. The van der Waals surface area contributed by atoms with E-state index in [2.05, 4.69) is 20.3 Å². The molecule has 2 rings (SSSR count). The molecule has 0 aliphatic heterocycles. The first kappa shape index (κ1) is 13.3. The largest absolute Gasteiger partial charge is 0.382 e. The summed E-state index contributed by atoms with van der Waals surface area (Å²) in [5.74, 6) is -0.350. The molecule has 18 heavy (non-hydrogen) atoms. The minimum absolute atomic E-state index is 0.196. The zero-order chi connectivity index (χ0) is 13.3. The fraction of sp³-hybridized carbons (Fsp3) is 0.200. The van der Waals surface area contributed by atoms with Crippen molar-refractivity contribution in [2.24, 2.45) is 5.73 Å². The molecule has 0 saturated heterocycles. The van der Waals surface area contributed by atoms with Gasteiger partial charge >= 0.3 is 0 Å². The zero-order valence-electron chi connectivity index (χ0n) is 9.51. The molecule has 0 saturated carbocycles. The molecule has 96 valence electrons.